The number of carbonyl (C=O) groups is 2. The van der Waals surface area contributed by atoms with Crippen LogP contribution in [0.2, 0.25) is 0 Å². The fourth-order valence-corrected chi connectivity index (χ4v) is 2.91. The number of carbonyl (C=O) groups excluding carboxylic acids is 2. The fourth-order valence-electron chi connectivity index (χ4n) is 2.91. The van der Waals surface area contributed by atoms with Crippen LogP contribution in [0.5, 0.6) is 0 Å². The maximum absolute atomic E-state index is 13.7. The van der Waals surface area contributed by atoms with Crippen LogP contribution in [0.15, 0.2) is 48.9 Å². The number of nitrogens with zero attached hydrogens (tertiary/aromatic N) is 2. The first-order chi connectivity index (χ1) is 14.9. The number of aliphatic hydroxyl groups excluding tert-OH is 1. The Morgan fingerprint density at radius 1 is 1.19 bits per heavy atom. The summed E-state index contributed by atoms with van der Waals surface area (Å²) < 4.78 is 32.6. The van der Waals surface area contributed by atoms with Gasteiger partial charge in [-0.2, -0.15) is 0 Å². The number of hydrogen-bond donors (Lipinski definition) is 4. The van der Waals surface area contributed by atoms with Gasteiger partial charge in [0.25, 0.3) is 0 Å². The number of aromatic nitrogens is 2. The Hall–Kier alpha value is -3.44. The van der Waals surface area contributed by atoms with Gasteiger partial charge >= 0.3 is 6.03 Å². The molecule has 0 unspecified atom stereocenters. The van der Waals surface area contributed by atoms with E-state index >= 15 is 0 Å². The van der Waals surface area contributed by atoms with Crippen LogP contribution < -0.4 is 16.0 Å². The Morgan fingerprint density at radius 2 is 2.03 bits per heavy atom. The Labute approximate surface area is 176 Å². The van der Waals surface area contributed by atoms with Gasteiger partial charge in [0.1, 0.15) is 24.1 Å². The van der Waals surface area contributed by atoms with Crippen LogP contribution in [0.25, 0.3) is 0 Å². The molecule has 1 aliphatic rings. The molecule has 164 valence electrons. The molecular formula is C20H21F2N5O4. The topological polar surface area (TPSA) is 125 Å². The average Bonchev–Trinajstić information content (AvgIpc) is 2.76. The molecule has 0 spiro atoms. The monoisotopic (exact) mass is 433 g/mol. The molecule has 11 heteroatoms. The van der Waals surface area contributed by atoms with Gasteiger partial charge in [-0.05, 0) is 18.2 Å². The average molecular weight is 433 g/mol. The quantitative estimate of drug-likeness (QED) is 0.488. The van der Waals surface area contributed by atoms with Crippen molar-refractivity contribution in [2.75, 3.05) is 11.9 Å². The van der Waals surface area contributed by atoms with Crippen molar-refractivity contribution in [1.29, 1.82) is 0 Å². The Balaban J connectivity index is 1.51. The predicted molar refractivity (Wildman–Crippen MR) is 106 cm³/mol. The van der Waals surface area contributed by atoms with Gasteiger partial charge < -0.3 is 25.8 Å². The minimum Gasteiger partial charge on any atom is -0.394 e. The van der Waals surface area contributed by atoms with Gasteiger partial charge in [-0.3, -0.25) is 4.79 Å². The molecule has 0 fully saturated rings. The number of urea groups is 1. The third-order valence-electron chi connectivity index (χ3n) is 4.43. The Kier molecular flexibility index (Phi) is 7.57. The number of anilines is 1. The van der Waals surface area contributed by atoms with Crippen LogP contribution in [-0.4, -0.2) is 51.9 Å². The fraction of sp³-hybridized carbons (Fsp3) is 0.300. The lowest BCUT2D eigenvalue weighted by atomic mass is 10.0. The summed E-state index contributed by atoms with van der Waals surface area (Å²) in [5, 5.41) is 17.0. The van der Waals surface area contributed by atoms with Crippen molar-refractivity contribution < 1.29 is 28.2 Å². The van der Waals surface area contributed by atoms with E-state index in [9.17, 15) is 23.5 Å². The molecule has 0 aliphatic carbocycles. The SMILES string of the molecule is O=C(C[C@@H]1C=C[C@H](NC(=O)Nc2cc(F)ccc2F)[C@H](CO)O1)NCc1ccncn1. The van der Waals surface area contributed by atoms with Crippen LogP contribution >= 0.6 is 0 Å². The number of hydrogen-bond acceptors (Lipinski definition) is 6. The normalized spacial score (nSPS) is 20.2. The second kappa shape index (κ2) is 10.5. The number of nitrogens with one attached hydrogen (secondary N) is 3. The van der Waals surface area contributed by atoms with Crippen LogP contribution in [0.4, 0.5) is 19.3 Å². The number of ether oxygens (including phenoxy) is 1. The van der Waals surface area contributed by atoms with Gasteiger partial charge in [-0.25, -0.2) is 23.5 Å². The lowest BCUT2D eigenvalue weighted by Crippen LogP contribution is -2.50. The van der Waals surface area contributed by atoms with Gasteiger partial charge in [0.2, 0.25) is 5.91 Å². The highest BCUT2D eigenvalue weighted by Crippen LogP contribution is 2.18. The molecule has 3 rings (SSSR count). The molecular weight excluding hydrogens is 412 g/mol. The zero-order chi connectivity index (χ0) is 22.2. The molecule has 2 heterocycles. The van der Waals surface area contributed by atoms with Crippen molar-refractivity contribution in [3.63, 3.8) is 0 Å². The highest BCUT2D eigenvalue weighted by atomic mass is 19.1. The summed E-state index contributed by atoms with van der Waals surface area (Å²) in [7, 11) is 0. The number of rotatable bonds is 7. The van der Waals surface area contributed by atoms with Crippen LogP contribution in [0.3, 0.4) is 0 Å². The first kappa shape index (κ1) is 22.2. The highest BCUT2D eigenvalue weighted by molar-refractivity contribution is 5.89. The first-order valence-corrected chi connectivity index (χ1v) is 9.43. The van der Waals surface area contributed by atoms with Crippen molar-refractivity contribution in [1.82, 2.24) is 20.6 Å². The van der Waals surface area contributed by atoms with E-state index < -0.39 is 42.5 Å². The second-order valence-electron chi connectivity index (χ2n) is 6.71. The first-order valence-electron chi connectivity index (χ1n) is 9.43. The van der Waals surface area contributed by atoms with Crippen LogP contribution in [-0.2, 0) is 16.1 Å². The minimum atomic E-state index is -0.826. The second-order valence-corrected chi connectivity index (χ2v) is 6.71. The zero-order valence-corrected chi connectivity index (χ0v) is 16.3. The van der Waals surface area contributed by atoms with E-state index in [0.29, 0.717) is 5.69 Å². The number of amides is 3. The van der Waals surface area contributed by atoms with Gasteiger partial charge in [0.05, 0.1) is 43.1 Å². The standard InChI is InChI=1S/C20H21F2N5O4/c21-12-1-3-15(22)17(7-12)27-20(30)26-16-4-2-14(31-18(16)10-28)8-19(29)24-9-13-5-6-23-11-25-13/h1-7,11,14,16,18,28H,8-10H2,(H,24,29)(H2,26,27,30)/t14-,16-,18-/m0/s1. The summed E-state index contributed by atoms with van der Waals surface area (Å²) in [6.07, 6.45) is 4.69. The molecule has 0 saturated heterocycles. The molecule has 4 N–H and O–H groups in total. The molecule has 2 aromatic rings. The molecule has 1 aromatic carbocycles. The molecule has 0 saturated carbocycles. The van der Waals surface area contributed by atoms with Crippen molar-refractivity contribution in [2.45, 2.75) is 31.2 Å². The smallest absolute Gasteiger partial charge is 0.319 e. The number of benzene rings is 1. The lowest BCUT2D eigenvalue weighted by molar-refractivity contribution is -0.125. The maximum atomic E-state index is 13.7. The summed E-state index contributed by atoms with van der Waals surface area (Å²) in [5.41, 5.74) is 0.332. The molecule has 31 heavy (non-hydrogen) atoms. The van der Waals surface area contributed by atoms with Gasteiger partial charge in [-0.15, -0.1) is 0 Å². The van der Waals surface area contributed by atoms with Crippen molar-refractivity contribution in [3.05, 3.63) is 66.3 Å². The largest absolute Gasteiger partial charge is 0.394 e. The number of halogens is 2. The maximum Gasteiger partial charge on any atom is 0.319 e. The molecule has 0 bridgehead atoms. The van der Waals surface area contributed by atoms with E-state index in [1.807, 2.05) is 0 Å². The molecule has 1 aliphatic heterocycles. The molecule has 3 atom stereocenters. The lowest BCUT2D eigenvalue weighted by Gasteiger charge is -2.31. The third kappa shape index (κ3) is 6.52. The van der Waals surface area contributed by atoms with Crippen LogP contribution in [0, 0.1) is 11.6 Å². The van der Waals surface area contributed by atoms with E-state index in [0.717, 1.165) is 18.2 Å². The summed E-state index contributed by atoms with van der Waals surface area (Å²) in [6, 6.07) is 2.81. The van der Waals surface area contributed by atoms with E-state index in [1.54, 1.807) is 24.4 Å². The Morgan fingerprint density at radius 3 is 2.77 bits per heavy atom. The van der Waals surface area contributed by atoms with Crippen LogP contribution in [0.1, 0.15) is 12.1 Å². The number of aliphatic hydroxyl groups is 1. The molecule has 1 aromatic heterocycles. The van der Waals surface area contributed by atoms with Crippen molar-refractivity contribution in [3.8, 4) is 0 Å². The highest BCUT2D eigenvalue weighted by Gasteiger charge is 2.29. The molecule has 0 radical (unpaired) electrons. The molecule has 9 nitrogen and oxygen atoms in total. The van der Waals surface area contributed by atoms with Crippen molar-refractivity contribution >= 4 is 17.6 Å². The summed E-state index contributed by atoms with van der Waals surface area (Å²) in [4.78, 5) is 32.1. The Bertz CT molecular complexity index is 944. The van der Waals surface area contributed by atoms with Gasteiger partial charge in [-0.1, -0.05) is 12.2 Å². The predicted octanol–water partition coefficient (Wildman–Crippen LogP) is 1.27. The van der Waals surface area contributed by atoms with E-state index in [-0.39, 0.29) is 24.6 Å². The molecule has 3 amide bonds. The van der Waals surface area contributed by atoms with E-state index in [4.69, 9.17) is 4.74 Å². The summed E-state index contributed by atoms with van der Waals surface area (Å²) in [5.74, 6) is -1.78. The van der Waals surface area contributed by atoms with E-state index in [1.165, 1.54) is 6.33 Å². The van der Waals surface area contributed by atoms with Gasteiger partial charge in [0.15, 0.2) is 0 Å². The van der Waals surface area contributed by atoms with Gasteiger partial charge in [0, 0.05) is 12.3 Å². The minimum absolute atomic E-state index is 0.00546. The van der Waals surface area contributed by atoms with E-state index in [2.05, 4.69) is 25.9 Å². The third-order valence-corrected chi connectivity index (χ3v) is 4.43. The zero-order valence-electron chi connectivity index (χ0n) is 16.3. The van der Waals surface area contributed by atoms with Crippen molar-refractivity contribution in [2.24, 2.45) is 0 Å². The summed E-state index contributed by atoms with van der Waals surface area (Å²) in [6.45, 7) is -0.190. The summed E-state index contributed by atoms with van der Waals surface area (Å²) >= 11 is 0.